The second kappa shape index (κ2) is 7.49. The number of hydrogen-bond donors (Lipinski definition) is 0. The van der Waals surface area contributed by atoms with Gasteiger partial charge in [0.25, 0.3) is 0 Å². The Morgan fingerprint density at radius 3 is 2.75 bits per heavy atom. The van der Waals surface area contributed by atoms with E-state index in [4.69, 9.17) is 4.74 Å². The largest absolute Gasteiger partial charge is 0.378 e. The number of likely N-dealkylation sites (tertiary alicyclic amines) is 1. The van der Waals surface area contributed by atoms with Gasteiger partial charge in [-0.15, -0.1) is 0 Å². The van der Waals surface area contributed by atoms with Crippen LogP contribution in [0, 0.1) is 6.92 Å². The lowest BCUT2D eigenvalue weighted by Gasteiger charge is -2.33. The van der Waals surface area contributed by atoms with Gasteiger partial charge in [0.1, 0.15) is 6.10 Å². The zero-order valence-electron chi connectivity index (χ0n) is 15.0. The molecular formula is C18H28N4O2. The predicted molar refractivity (Wildman–Crippen MR) is 94.2 cm³/mol. The van der Waals surface area contributed by atoms with Crippen LogP contribution in [0.25, 0.3) is 0 Å². The maximum absolute atomic E-state index is 12.4. The van der Waals surface area contributed by atoms with Crippen LogP contribution in [0.2, 0.25) is 0 Å². The van der Waals surface area contributed by atoms with Gasteiger partial charge in [0.05, 0.1) is 18.8 Å². The Morgan fingerprint density at radius 1 is 1.29 bits per heavy atom. The summed E-state index contributed by atoms with van der Waals surface area (Å²) in [6.07, 6.45) is 2.21. The topological polar surface area (TPSA) is 48.9 Å². The first-order chi connectivity index (χ1) is 11.5. The smallest absolute Gasteiger partial charge is 0.236 e. The lowest BCUT2D eigenvalue weighted by Crippen LogP contribution is -2.45. The summed E-state index contributed by atoms with van der Waals surface area (Å²) >= 11 is 0. The molecule has 0 radical (unpaired) electrons. The summed E-state index contributed by atoms with van der Waals surface area (Å²) < 4.78 is 5.94. The van der Waals surface area contributed by atoms with Gasteiger partial charge < -0.3 is 14.5 Å². The van der Waals surface area contributed by atoms with Crippen LogP contribution < -0.4 is 4.90 Å². The lowest BCUT2D eigenvalue weighted by atomic mass is 10.1. The van der Waals surface area contributed by atoms with E-state index in [0.717, 1.165) is 56.1 Å². The van der Waals surface area contributed by atoms with Crippen LogP contribution >= 0.6 is 0 Å². The minimum absolute atomic E-state index is 0.0660. The number of rotatable bonds is 4. The van der Waals surface area contributed by atoms with Crippen molar-refractivity contribution in [2.24, 2.45) is 0 Å². The van der Waals surface area contributed by atoms with Crippen molar-refractivity contribution in [2.45, 2.75) is 25.9 Å². The Labute approximate surface area is 144 Å². The standard InChI is InChI=1S/C18H28N4O2/c1-14-10-15(20(2)3)11-16(19-14)17-12-21(8-9-24-17)13-18(23)22-6-4-5-7-22/h10-11,17H,4-9,12-13H2,1-3H3/t17-/m0/s1. The van der Waals surface area contributed by atoms with Gasteiger partial charge in [-0.05, 0) is 31.9 Å². The summed E-state index contributed by atoms with van der Waals surface area (Å²) in [6.45, 7) is 6.51. The quantitative estimate of drug-likeness (QED) is 0.835. The van der Waals surface area contributed by atoms with Gasteiger partial charge in [-0.2, -0.15) is 0 Å². The van der Waals surface area contributed by atoms with Crippen LogP contribution in [0.3, 0.4) is 0 Å². The number of aromatic nitrogens is 1. The molecule has 1 atom stereocenters. The number of anilines is 1. The fraction of sp³-hybridized carbons (Fsp3) is 0.667. The van der Waals surface area contributed by atoms with Crippen LogP contribution in [0.1, 0.15) is 30.3 Å². The van der Waals surface area contributed by atoms with Crippen LogP contribution in [0.5, 0.6) is 0 Å². The molecule has 6 heteroatoms. The monoisotopic (exact) mass is 332 g/mol. The fourth-order valence-corrected chi connectivity index (χ4v) is 3.38. The number of hydrogen-bond acceptors (Lipinski definition) is 5. The van der Waals surface area contributed by atoms with Gasteiger partial charge in [-0.25, -0.2) is 0 Å². The molecule has 0 aliphatic carbocycles. The highest BCUT2D eigenvalue weighted by atomic mass is 16.5. The summed E-state index contributed by atoms with van der Waals surface area (Å²) in [5, 5.41) is 0. The molecule has 24 heavy (non-hydrogen) atoms. The number of ether oxygens (including phenoxy) is 1. The SMILES string of the molecule is Cc1cc(N(C)C)cc([C@@H]2CN(CC(=O)N3CCCC3)CCO2)n1. The van der Waals surface area contributed by atoms with E-state index >= 15 is 0 Å². The highest BCUT2D eigenvalue weighted by molar-refractivity contribution is 5.78. The summed E-state index contributed by atoms with van der Waals surface area (Å²) in [5.74, 6) is 0.249. The first kappa shape index (κ1) is 17.2. The van der Waals surface area contributed by atoms with Crippen LogP contribution in [0.4, 0.5) is 5.69 Å². The molecule has 1 amide bonds. The van der Waals surface area contributed by atoms with Crippen molar-refractivity contribution < 1.29 is 9.53 Å². The van der Waals surface area contributed by atoms with E-state index in [1.54, 1.807) is 0 Å². The van der Waals surface area contributed by atoms with Crippen molar-refractivity contribution in [3.8, 4) is 0 Å². The molecule has 2 saturated heterocycles. The lowest BCUT2D eigenvalue weighted by molar-refractivity contribution is -0.133. The molecule has 2 aliphatic rings. The van der Waals surface area contributed by atoms with Gasteiger partial charge in [0.2, 0.25) is 5.91 Å². The van der Waals surface area contributed by atoms with Crippen LogP contribution in [0.15, 0.2) is 12.1 Å². The first-order valence-electron chi connectivity index (χ1n) is 8.80. The van der Waals surface area contributed by atoms with E-state index in [0.29, 0.717) is 13.2 Å². The maximum Gasteiger partial charge on any atom is 0.236 e. The van der Waals surface area contributed by atoms with Crippen molar-refractivity contribution in [3.05, 3.63) is 23.5 Å². The number of nitrogens with zero attached hydrogens (tertiary/aromatic N) is 4. The van der Waals surface area contributed by atoms with E-state index in [9.17, 15) is 4.79 Å². The number of pyridine rings is 1. The third kappa shape index (κ3) is 4.05. The molecule has 0 N–H and O–H groups in total. The van der Waals surface area contributed by atoms with E-state index < -0.39 is 0 Å². The Hall–Kier alpha value is -1.66. The van der Waals surface area contributed by atoms with Gasteiger partial charge >= 0.3 is 0 Å². The third-order valence-corrected chi connectivity index (χ3v) is 4.77. The third-order valence-electron chi connectivity index (χ3n) is 4.77. The van der Waals surface area contributed by atoms with Gasteiger partial charge in [-0.3, -0.25) is 14.7 Å². The van der Waals surface area contributed by atoms with Crippen molar-refractivity contribution in [1.82, 2.24) is 14.8 Å². The van der Waals surface area contributed by atoms with Gasteiger partial charge in [0.15, 0.2) is 0 Å². The minimum Gasteiger partial charge on any atom is -0.378 e. The Morgan fingerprint density at radius 2 is 2.04 bits per heavy atom. The Balaban J connectivity index is 1.66. The molecule has 0 bridgehead atoms. The van der Waals surface area contributed by atoms with E-state index in [-0.39, 0.29) is 12.0 Å². The molecule has 3 rings (SSSR count). The number of carbonyl (C=O) groups is 1. The normalized spacial score (nSPS) is 22.0. The van der Waals surface area contributed by atoms with E-state index in [1.807, 2.05) is 25.9 Å². The molecule has 0 unspecified atom stereocenters. The predicted octanol–water partition coefficient (Wildman–Crippen LogP) is 1.45. The molecule has 2 aliphatic heterocycles. The van der Waals surface area contributed by atoms with Gasteiger partial charge in [-0.1, -0.05) is 0 Å². The highest BCUT2D eigenvalue weighted by Gasteiger charge is 2.27. The molecule has 1 aromatic rings. The fourth-order valence-electron chi connectivity index (χ4n) is 3.38. The van der Waals surface area contributed by atoms with Crippen molar-refractivity contribution >= 4 is 11.6 Å². The summed E-state index contributed by atoms with van der Waals surface area (Å²) in [5.41, 5.74) is 3.08. The Kier molecular flexibility index (Phi) is 5.36. The van der Waals surface area contributed by atoms with E-state index in [1.165, 1.54) is 0 Å². The molecule has 2 fully saturated rings. The van der Waals surface area contributed by atoms with Crippen molar-refractivity contribution in [3.63, 3.8) is 0 Å². The van der Waals surface area contributed by atoms with Crippen molar-refractivity contribution in [2.75, 3.05) is 58.3 Å². The maximum atomic E-state index is 12.4. The molecule has 0 saturated carbocycles. The molecule has 3 heterocycles. The second-order valence-electron chi connectivity index (χ2n) is 6.97. The molecule has 0 spiro atoms. The highest BCUT2D eigenvalue weighted by Crippen LogP contribution is 2.25. The van der Waals surface area contributed by atoms with E-state index in [2.05, 4.69) is 26.9 Å². The first-order valence-corrected chi connectivity index (χ1v) is 8.80. The minimum atomic E-state index is -0.0660. The molecule has 132 valence electrons. The van der Waals surface area contributed by atoms with Crippen LogP contribution in [-0.2, 0) is 9.53 Å². The zero-order valence-corrected chi connectivity index (χ0v) is 15.0. The number of carbonyl (C=O) groups excluding carboxylic acids is 1. The summed E-state index contributed by atoms with van der Waals surface area (Å²) in [4.78, 5) is 23.3. The molecular weight excluding hydrogens is 304 g/mol. The number of aryl methyl sites for hydroxylation is 1. The summed E-state index contributed by atoms with van der Waals surface area (Å²) in [6, 6.07) is 4.16. The summed E-state index contributed by atoms with van der Waals surface area (Å²) in [7, 11) is 4.06. The van der Waals surface area contributed by atoms with Crippen molar-refractivity contribution in [1.29, 1.82) is 0 Å². The number of morpholine rings is 1. The molecule has 0 aromatic carbocycles. The zero-order chi connectivity index (χ0) is 17.1. The van der Waals surface area contributed by atoms with Gasteiger partial charge in [0, 0.05) is 51.7 Å². The molecule has 1 aromatic heterocycles. The average Bonchev–Trinajstić information content (AvgIpc) is 3.09. The Bertz CT molecular complexity index is 584. The number of amides is 1. The van der Waals surface area contributed by atoms with Crippen LogP contribution in [-0.4, -0.2) is 74.1 Å². The molecule has 6 nitrogen and oxygen atoms in total. The average molecular weight is 332 g/mol. The second-order valence-corrected chi connectivity index (χ2v) is 6.97.